The van der Waals surface area contributed by atoms with Crippen LogP contribution in [0.5, 0.6) is 0 Å². The molecule has 128 valence electrons. The molecule has 4 nitrogen and oxygen atoms in total. The van der Waals surface area contributed by atoms with Gasteiger partial charge in [0.15, 0.2) is 0 Å². The van der Waals surface area contributed by atoms with Crippen LogP contribution in [0, 0.1) is 6.92 Å². The third-order valence-corrected chi connectivity index (χ3v) is 5.49. The van der Waals surface area contributed by atoms with Gasteiger partial charge in [-0.1, -0.05) is 25.1 Å². The van der Waals surface area contributed by atoms with Gasteiger partial charge < -0.3 is 9.80 Å². The molecule has 1 amide bonds. The summed E-state index contributed by atoms with van der Waals surface area (Å²) in [6.45, 7) is 8.88. The molecular formula is C19H25N3OS. The van der Waals surface area contributed by atoms with E-state index in [9.17, 15) is 4.79 Å². The molecule has 0 spiro atoms. The Labute approximate surface area is 148 Å². The number of nitrogens with zero attached hydrogens (tertiary/aromatic N) is 3. The zero-order chi connectivity index (χ0) is 17.1. The van der Waals surface area contributed by atoms with Crippen LogP contribution in [0.2, 0.25) is 0 Å². The second-order valence-electron chi connectivity index (χ2n) is 6.46. The van der Waals surface area contributed by atoms with Gasteiger partial charge in [0.25, 0.3) is 5.91 Å². The molecule has 1 aliphatic rings. The lowest BCUT2D eigenvalue weighted by atomic mass is 10.1. The first-order chi connectivity index (χ1) is 11.6. The fourth-order valence-electron chi connectivity index (χ4n) is 3.28. The molecule has 2 aromatic rings. The van der Waals surface area contributed by atoms with Gasteiger partial charge in [0.05, 0.1) is 5.01 Å². The van der Waals surface area contributed by atoms with E-state index in [1.165, 1.54) is 11.3 Å². The SMILES string of the molecule is CCCc1nc(C(=O)N2CCN(c3ccccc3C)C[C@H]2C)cs1. The minimum atomic E-state index is 0.0746. The Kier molecular flexibility index (Phi) is 5.19. The number of aromatic nitrogens is 1. The molecule has 24 heavy (non-hydrogen) atoms. The molecule has 1 aliphatic heterocycles. The van der Waals surface area contributed by atoms with Crippen molar-refractivity contribution in [2.24, 2.45) is 0 Å². The van der Waals surface area contributed by atoms with Crippen LogP contribution in [0.4, 0.5) is 5.69 Å². The first kappa shape index (κ1) is 17.0. The van der Waals surface area contributed by atoms with Gasteiger partial charge in [-0.05, 0) is 38.3 Å². The summed E-state index contributed by atoms with van der Waals surface area (Å²) < 4.78 is 0. The molecule has 1 atom stereocenters. The number of rotatable bonds is 4. The van der Waals surface area contributed by atoms with Crippen LogP contribution >= 0.6 is 11.3 Å². The highest BCUT2D eigenvalue weighted by Crippen LogP contribution is 2.24. The first-order valence-electron chi connectivity index (χ1n) is 8.66. The molecule has 0 N–H and O–H groups in total. The molecule has 1 fully saturated rings. The van der Waals surface area contributed by atoms with Crippen LogP contribution < -0.4 is 4.90 Å². The Morgan fingerprint density at radius 3 is 2.83 bits per heavy atom. The number of amides is 1. The van der Waals surface area contributed by atoms with Crippen molar-refractivity contribution in [2.45, 2.75) is 39.7 Å². The smallest absolute Gasteiger partial charge is 0.273 e. The van der Waals surface area contributed by atoms with E-state index in [-0.39, 0.29) is 11.9 Å². The summed E-state index contributed by atoms with van der Waals surface area (Å²) in [6, 6.07) is 8.63. The second kappa shape index (κ2) is 7.34. The van der Waals surface area contributed by atoms with Gasteiger partial charge in [0, 0.05) is 36.7 Å². The Hall–Kier alpha value is -1.88. The van der Waals surface area contributed by atoms with E-state index in [0.717, 1.165) is 37.5 Å². The Bertz CT molecular complexity index is 712. The molecule has 2 heterocycles. The van der Waals surface area contributed by atoms with Crippen molar-refractivity contribution in [3.63, 3.8) is 0 Å². The third kappa shape index (κ3) is 3.46. The molecule has 1 saturated heterocycles. The van der Waals surface area contributed by atoms with Crippen LogP contribution in [0.3, 0.4) is 0 Å². The fraction of sp³-hybridized carbons (Fsp3) is 0.474. The van der Waals surface area contributed by atoms with E-state index in [2.05, 4.69) is 54.9 Å². The van der Waals surface area contributed by atoms with Crippen molar-refractivity contribution in [1.82, 2.24) is 9.88 Å². The molecule has 1 aromatic heterocycles. The number of piperazine rings is 1. The van der Waals surface area contributed by atoms with Crippen LogP contribution in [-0.4, -0.2) is 41.5 Å². The number of carbonyl (C=O) groups is 1. The Morgan fingerprint density at radius 1 is 1.33 bits per heavy atom. The van der Waals surface area contributed by atoms with Gasteiger partial charge >= 0.3 is 0 Å². The highest BCUT2D eigenvalue weighted by Gasteiger charge is 2.29. The number of benzene rings is 1. The quantitative estimate of drug-likeness (QED) is 0.848. The average Bonchev–Trinajstić information content (AvgIpc) is 3.04. The average molecular weight is 343 g/mol. The highest BCUT2D eigenvalue weighted by molar-refractivity contribution is 7.09. The van der Waals surface area contributed by atoms with E-state index in [4.69, 9.17) is 0 Å². The zero-order valence-corrected chi connectivity index (χ0v) is 15.5. The topological polar surface area (TPSA) is 36.4 Å². The lowest BCUT2D eigenvalue weighted by molar-refractivity contribution is 0.0668. The summed E-state index contributed by atoms with van der Waals surface area (Å²) >= 11 is 1.60. The lowest BCUT2D eigenvalue weighted by Gasteiger charge is -2.41. The van der Waals surface area contributed by atoms with E-state index in [0.29, 0.717) is 5.69 Å². The van der Waals surface area contributed by atoms with Crippen LogP contribution in [-0.2, 0) is 6.42 Å². The Balaban J connectivity index is 1.69. The van der Waals surface area contributed by atoms with Crippen LogP contribution in [0.15, 0.2) is 29.6 Å². The zero-order valence-electron chi connectivity index (χ0n) is 14.7. The summed E-state index contributed by atoms with van der Waals surface area (Å²) in [7, 11) is 0. The molecule has 0 aliphatic carbocycles. The van der Waals surface area contributed by atoms with Crippen molar-refractivity contribution in [3.05, 3.63) is 45.9 Å². The maximum absolute atomic E-state index is 12.8. The molecule has 0 saturated carbocycles. The van der Waals surface area contributed by atoms with Gasteiger partial charge in [-0.3, -0.25) is 4.79 Å². The maximum atomic E-state index is 12.8. The van der Waals surface area contributed by atoms with Crippen LogP contribution in [0.1, 0.15) is 41.3 Å². The molecule has 0 bridgehead atoms. The number of para-hydroxylation sites is 1. The predicted octanol–water partition coefficient (Wildman–Crippen LogP) is 3.75. The summed E-state index contributed by atoms with van der Waals surface area (Å²) in [6.07, 6.45) is 2.02. The highest BCUT2D eigenvalue weighted by atomic mass is 32.1. The monoisotopic (exact) mass is 343 g/mol. The standard InChI is InChI=1S/C19H25N3OS/c1-4-7-18-20-16(13-24-18)19(23)22-11-10-21(12-15(22)3)17-9-6-5-8-14(17)2/h5-6,8-9,13,15H,4,7,10-12H2,1-3H3/t15-/m1/s1. The van der Waals surface area contributed by atoms with Gasteiger partial charge in [-0.25, -0.2) is 4.98 Å². The van der Waals surface area contributed by atoms with E-state index >= 15 is 0 Å². The third-order valence-electron chi connectivity index (χ3n) is 4.58. The van der Waals surface area contributed by atoms with E-state index < -0.39 is 0 Å². The normalized spacial score (nSPS) is 18.0. The fourth-order valence-corrected chi connectivity index (χ4v) is 4.16. The number of hydrogen-bond donors (Lipinski definition) is 0. The van der Waals surface area contributed by atoms with Crippen molar-refractivity contribution in [2.75, 3.05) is 24.5 Å². The molecule has 1 aromatic carbocycles. The molecule has 3 rings (SSSR count). The molecule has 5 heteroatoms. The summed E-state index contributed by atoms with van der Waals surface area (Å²) in [5.41, 5.74) is 3.17. The lowest BCUT2D eigenvalue weighted by Crippen LogP contribution is -2.54. The van der Waals surface area contributed by atoms with Gasteiger partial charge in [0.2, 0.25) is 0 Å². The van der Waals surface area contributed by atoms with Crippen molar-refractivity contribution < 1.29 is 4.79 Å². The summed E-state index contributed by atoms with van der Waals surface area (Å²) in [4.78, 5) is 21.7. The molecule has 0 unspecified atom stereocenters. The van der Waals surface area contributed by atoms with Crippen molar-refractivity contribution in [1.29, 1.82) is 0 Å². The number of hydrogen-bond acceptors (Lipinski definition) is 4. The summed E-state index contributed by atoms with van der Waals surface area (Å²) in [5, 5.41) is 2.97. The first-order valence-corrected chi connectivity index (χ1v) is 9.54. The largest absolute Gasteiger partial charge is 0.367 e. The molecular weight excluding hydrogens is 318 g/mol. The maximum Gasteiger partial charge on any atom is 0.273 e. The molecule has 0 radical (unpaired) electrons. The number of aryl methyl sites for hydroxylation is 2. The minimum Gasteiger partial charge on any atom is -0.367 e. The van der Waals surface area contributed by atoms with Gasteiger partial charge in [-0.2, -0.15) is 0 Å². The van der Waals surface area contributed by atoms with Gasteiger partial charge in [-0.15, -0.1) is 11.3 Å². The number of anilines is 1. The van der Waals surface area contributed by atoms with Gasteiger partial charge in [0.1, 0.15) is 5.69 Å². The van der Waals surface area contributed by atoms with E-state index in [1.807, 2.05) is 10.3 Å². The number of carbonyl (C=O) groups excluding carboxylic acids is 1. The summed E-state index contributed by atoms with van der Waals surface area (Å²) in [5.74, 6) is 0.0746. The predicted molar refractivity (Wildman–Crippen MR) is 100.0 cm³/mol. The Morgan fingerprint density at radius 2 is 2.12 bits per heavy atom. The van der Waals surface area contributed by atoms with Crippen LogP contribution in [0.25, 0.3) is 0 Å². The second-order valence-corrected chi connectivity index (χ2v) is 7.40. The number of thiazole rings is 1. The minimum absolute atomic E-state index is 0.0746. The van der Waals surface area contributed by atoms with Crippen molar-refractivity contribution in [3.8, 4) is 0 Å². The van der Waals surface area contributed by atoms with E-state index in [1.54, 1.807) is 11.3 Å². The van der Waals surface area contributed by atoms with Crippen molar-refractivity contribution >= 4 is 22.9 Å².